The van der Waals surface area contributed by atoms with Crippen molar-refractivity contribution >= 4 is 0 Å². The Morgan fingerprint density at radius 3 is 1.43 bits per heavy atom. The standard InChI is InChI=1S/C23H40/c1-14-15(2)23(21-12-8-7-9-18(14)21)13-22-16(3)19-10-5-6-11-20(19)17(22)4/h14-23H,5-13H2,1-4H3. The molecule has 4 aliphatic rings. The van der Waals surface area contributed by atoms with Crippen LogP contribution in [-0.4, -0.2) is 0 Å². The van der Waals surface area contributed by atoms with Crippen molar-refractivity contribution in [3.63, 3.8) is 0 Å². The summed E-state index contributed by atoms with van der Waals surface area (Å²) in [6.07, 6.45) is 13.9. The van der Waals surface area contributed by atoms with E-state index in [2.05, 4.69) is 27.7 Å². The summed E-state index contributed by atoms with van der Waals surface area (Å²) in [5, 5.41) is 0. The first-order valence-corrected chi connectivity index (χ1v) is 11.1. The average Bonchev–Trinajstić information content (AvgIpc) is 2.97. The maximum atomic E-state index is 2.64. The summed E-state index contributed by atoms with van der Waals surface area (Å²) in [4.78, 5) is 0. The number of fused-ring (bicyclic) bond motifs is 2. The third kappa shape index (κ3) is 2.62. The molecule has 132 valence electrons. The first-order valence-electron chi connectivity index (χ1n) is 11.1. The summed E-state index contributed by atoms with van der Waals surface area (Å²) in [6, 6.07) is 0. The Morgan fingerprint density at radius 2 is 0.913 bits per heavy atom. The SMILES string of the molecule is CC1C(CC2C(C)C(C)C3CCCCC32)C(C)C2CCCCC12. The van der Waals surface area contributed by atoms with Crippen LogP contribution in [0, 0.1) is 59.2 Å². The summed E-state index contributed by atoms with van der Waals surface area (Å²) in [5.74, 6) is 10.5. The molecule has 0 bridgehead atoms. The minimum absolute atomic E-state index is 0.991. The molecular weight excluding hydrogens is 276 g/mol. The highest BCUT2D eigenvalue weighted by atomic mass is 14.6. The molecule has 0 nitrogen and oxygen atoms in total. The highest BCUT2D eigenvalue weighted by Gasteiger charge is 2.51. The maximum Gasteiger partial charge on any atom is -0.0352 e. The predicted molar refractivity (Wildman–Crippen MR) is 99.1 cm³/mol. The van der Waals surface area contributed by atoms with Crippen molar-refractivity contribution in [2.75, 3.05) is 0 Å². The highest BCUT2D eigenvalue weighted by molar-refractivity contribution is 5.00. The van der Waals surface area contributed by atoms with Crippen molar-refractivity contribution in [1.29, 1.82) is 0 Å². The second-order valence-corrected chi connectivity index (χ2v) is 10.2. The topological polar surface area (TPSA) is 0 Å². The van der Waals surface area contributed by atoms with Gasteiger partial charge in [0.2, 0.25) is 0 Å². The van der Waals surface area contributed by atoms with Crippen LogP contribution < -0.4 is 0 Å². The van der Waals surface area contributed by atoms with Gasteiger partial charge in [-0.25, -0.2) is 0 Å². The molecule has 0 heterocycles. The lowest BCUT2D eigenvalue weighted by Crippen LogP contribution is -2.25. The smallest absolute Gasteiger partial charge is 0.0352 e. The molecule has 0 aromatic heterocycles. The van der Waals surface area contributed by atoms with Crippen LogP contribution in [0.4, 0.5) is 0 Å². The summed E-state index contributed by atoms with van der Waals surface area (Å²) in [5.41, 5.74) is 0. The average molecular weight is 317 g/mol. The molecular formula is C23H40. The van der Waals surface area contributed by atoms with E-state index in [1.54, 1.807) is 32.1 Å². The van der Waals surface area contributed by atoms with E-state index < -0.39 is 0 Å². The zero-order valence-electron chi connectivity index (χ0n) is 16.1. The van der Waals surface area contributed by atoms with Crippen LogP contribution in [0.5, 0.6) is 0 Å². The Labute approximate surface area is 145 Å². The van der Waals surface area contributed by atoms with E-state index in [0.717, 1.165) is 59.2 Å². The minimum atomic E-state index is 0.991. The first kappa shape index (κ1) is 16.5. The summed E-state index contributed by atoms with van der Waals surface area (Å²) < 4.78 is 0. The molecule has 0 N–H and O–H groups in total. The second kappa shape index (κ2) is 6.38. The van der Waals surface area contributed by atoms with Crippen LogP contribution in [-0.2, 0) is 0 Å². The van der Waals surface area contributed by atoms with Crippen molar-refractivity contribution in [2.24, 2.45) is 59.2 Å². The van der Waals surface area contributed by atoms with Crippen LogP contribution in [0.25, 0.3) is 0 Å². The third-order valence-electron chi connectivity index (χ3n) is 9.73. The molecule has 4 rings (SSSR count). The van der Waals surface area contributed by atoms with Gasteiger partial charge in [0, 0.05) is 0 Å². The fraction of sp³-hybridized carbons (Fsp3) is 1.00. The molecule has 0 aromatic carbocycles. The summed E-state index contributed by atoms with van der Waals surface area (Å²) in [7, 11) is 0. The first-order chi connectivity index (χ1) is 11.1. The van der Waals surface area contributed by atoms with Gasteiger partial charge in [-0.05, 0) is 91.3 Å². The van der Waals surface area contributed by atoms with Gasteiger partial charge in [0.1, 0.15) is 0 Å². The fourth-order valence-corrected chi connectivity index (χ4v) is 8.28. The Morgan fingerprint density at radius 1 is 0.478 bits per heavy atom. The predicted octanol–water partition coefficient (Wildman–Crippen LogP) is 6.79. The summed E-state index contributed by atoms with van der Waals surface area (Å²) in [6.45, 7) is 10.5. The Kier molecular flexibility index (Phi) is 4.57. The Hall–Kier alpha value is 0. The van der Waals surface area contributed by atoms with Gasteiger partial charge >= 0.3 is 0 Å². The number of hydrogen-bond donors (Lipinski definition) is 0. The quantitative estimate of drug-likeness (QED) is 0.526. The van der Waals surface area contributed by atoms with Gasteiger partial charge < -0.3 is 0 Å². The summed E-state index contributed by atoms with van der Waals surface area (Å²) >= 11 is 0. The molecule has 0 aliphatic heterocycles. The zero-order chi connectivity index (χ0) is 16.1. The molecule has 0 saturated heterocycles. The van der Waals surface area contributed by atoms with E-state index in [1.807, 2.05) is 0 Å². The normalized spacial score (nSPS) is 56.3. The minimum Gasteiger partial charge on any atom is -0.0620 e. The molecule has 0 radical (unpaired) electrons. The van der Waals surface area contributed by atoms with Crippen LogP contribution in [0.2, 0.25) is 0 Å². The lowest BCUT2D eigenvalue weighted by Gasteiger charge is -2.34. The van der Waals surface area contributed by atoms with E-state index in [-0.39, 0.29) is 0 Å². The maximum absolute atomic E-state index is 2.64. The number of hydrogen-bond acceptors (Lipinski definition) is 0. The van der Waals surface area contributed by atoms with Gasteiger partial charge in [-0.2, -0.15) is 0 Å². The number of rotatable bonds is 2. The lowest BCUT2D eigenvalue weighted by atomic mass is 9.72. The Balaban J connectivity index is 1.50. The molecule has 4 aliphatic carbocycles. The van der Waals surface area contributed by atoms with Gasteiger partial charge in [-0.1, -0.05) is 53.4 Å². The van der Waals surface area contributed by atoms with Gasteiger partial charge in [0.15, 0.2) is 0 Å². The largest absolute Gasteiger partial charge is 0.0620 e. The van der Waals surface area contributed by atoms with E-state index >= 15 is 0 Å². The van der Waals surface area contributed by atoms with Gasteiger partial charge in [-0.3, -0.25) is 0 Å². The molecule has 9 unspecified atom stereocenters. The zero-order valence-corrected chi connectivity index (χ0v) is 16.1. The van der Waals surface area contributed by atoms with Crippen molar-refractivity contribution in [3.05, 3.63) is 0 Å². The van der Waals surface area contributed by atoms with Crippen molar-refractivity contribution in [2.45, 2.75) is 85.5 Å². The van der Waals surface area contributed by atoms with E-state index in [0.29, 0.717) is 0 Å². The third-order valence-corrected chi connectivity index (χ3v) is 9.73. The second-order valence-electron chi connectivity index (χ2n) is 10.2. The molecule has 4 fully saturated rings. The van der Waals surface area contributed by atoms with Crippen LogP contribution in [0.3, 0.4) is 0 Å². The van der Waals surface area contributed by atoms with Crippen molar-refractivity contribution < 1.29 is 0 Å². The van der Waals surface area contributed by atoms with E-state index in [9.17, 15) is 0 Å². The van der Waals surface area contributed by atoms with Gasteiger partial charge in [0.25, 0.3) is 0 Å². The van der Waals surface area contributed by atoms with Gasteiger partial charge in [-0.15, -0.1) is 0 Å². The highest BCUT2D eigenvalue weighted by Crippen LogP contribution is 2.59. The fourth-order valence-electron chi connectivity index (χ4n) is 8.28. The molecule has 0 amide bonds. The van der Waals surface area contributed by atoms with Crippen LogP contribution in [0.1, 0.15) is 85.5 Å². The molecule has 0 heteroatoms. The van der Waals surface area contributed by atoms with Crippen LogP contribution >= 0.6 is 0 Å². The lowest BCUT2D eigenvalue weighted by molar-refractivity contribution is 0.158. The molecule has 4 saturated carbocycles. The molecule has 0 aromatic rings. The monoisotopic (exact) mass is 316 g/mol. The van der Waals surface area contributed by atoms with Crippen molar-refractivity contribution in [1.82, 2.24) is 0 Å². The molecule has 23 heavy (non-hydrogen) atoms. The van der Waals surface area contributed by atoms with Crippen molar-refractivity contribution in [3.8, 4) is 0 Å². The Bertz CT molecular complexity index is 394. The van der Waals surface area contributed by atoms with Gasteiger partial charge in [0.05, 0.1) is 0 Å². The van der Waals surface area contributed by atoms with Crippen LogP contribution in [0.15, 0.2) is 0 Å². The molecule has 0 spiro atoms. The molecule has 9 atom stereocenters. The van der Waals surface area contributed by atoms with E-state index in [4.69, 9.17) is 0 Å². The van der Waals surface area contributed by atoms with E-state index in [1.165, 1.54) is 25.7 Å².